The molecule has 0 aliphatic heterocycles. The van der Waals surface area contributed by atoms with Crippen LogP contribution in [0.25, 0.3) is 0 Å². The van der Waals surface area contributed by atoms with Crippen molar-refractivity contribution < 1.29 is 0 Å². The van der Waals surface area contributed by atoms with Gasteiger partial charge in [-0.2, -0.15) is 0 Å². The van der Waals surface area contributed by atoms with Crippen LogP contribution < -0.4 is 15.9 Å². The molecule has 0 atom stereocenters. The Hall–Kier alpha value is -0.141. The predicted molar refractivity (Wildman–Crippen MR) is 46.4 cm³/mol. The summed E-state index contributed by atoms with van der Waals surface area (Å²) in [6.45, 7) is 0. The summed E-state index contributed by atoms with van der Waals surface area (Å²) in [6, 6.07) is 5.72. The Balaban J connectivity index is 3.14. The van der Waals surface area contributed by atoms with Crippen molar-refractivity contribution in [2.45, 2.75) is 0 Å². The van der Waals surface area contributed by atoms with Gasteiger partial charge in [0.2, 0.25) is 0 Å². The van der Waals surface area contributed by atoms with Gasteiger partial charge in [0.1, 0.15) is 0 Å². The second-order valence-electron chi connectivity index (χ2n) is 1.84. The molecule has 0 aliphatic carbocycles. The molecular weight excluding hydrogens is 258 g/mol. The van der Waals surface area contributed by atoms with Crippen molar-refractivity contribution in [1.82, 2.24) is 0 Å². The Bertz CT molecular complexity index is 237. The van der Waals surface area contributed by atoms with Crippen molar-refractivity contribution in [3.05, 3.63) is 18.2 Å². The SMILES string of the molecule is Nc1cccc([Se][Se])c1N. The molecule has 0 saturated heterocycles. The second-order valence-corrected chi connectivity index (χ2v) is 4.93. The van der Waals surface area contributed by atoms with E-state index in [1.54, 1.807) is 0 Å². The van der Waals surface area contributed by atoms with Crippen LogP contribution in [-0.4, -0.2) is 27.3 Å². The summed E-state index contributed by atoms with van der Waals surface area (Å²) in [5, 5.41) is 0. The van der Waals surface area contributed by atoms with E-state index in [0.717, 1.165) is 10.1 Å². The van der Waals surface area contributed by atoms with Crippen LogP contribution in [0, 0.1) is 0 Å². The number of benzene rings is 1. The normalized spacial score (nSPS) is 9.70. The van der Waals surface area contributed by atoms with Crippen LogP contribution in [0.2, 0.25) is 0 Å². The molecule has 4 N–H and O–H groups in total. The topological polar surface area (TPSA) is 52.0 Å². The second kappa shape index (κ2) is 3.31. The molecule has 0 fully saturated rings. The van der Waals surface area contributed by atoms with E-state index in [1.807, 2.05) is 18.2 Å². The standard InChI is InChI=1S/C6H7N2Se2/c7-4-2-1-3-5(10-9)6(4)8/h1-3H,7-8H2. The third-order valence-electron chi connectivity index (χ3n) is 1.19. The van der Waals surface area contributed by atoms with Gasteiger partial charge < -0.3 is 0 Å². The quantitative estimate of drug-likeness (QED) is 0.519. The number of nitrogens with two attached hydrogens (primary N) is 2. The van der Waals surface area contributed by atoms with Gasteiger partial charge in [-0.15, -0.1) is 0 Å². The van der Waals surface area contributed by atoms with Gasteiger partial charge >= 0.3 is 72.8 Å². The fraction of sp³-hybridized carbons (Fsp3) is 0. The number of anilines is 2. The van der Waals surface area contributed by atoms with E-state index >= 15 is 0 Å². The van der Waals surface area contributed by atoms with Crippen LogP contribution in [0.15, 0.2) is 18.2 Å². The molecule has 53 valence electrons. The van der Waals surface area contributed by atoms with E-state index in [9.17, 15) is 0 Å². The minimum absolute atomic E-state index is 0.319. The Morgan fingerprint density at radius 3 is 2.50 bits per heavy atom. The molecule has 0 aliphatic rings. The average Bonchev–Trinajstić information content (AvgIpc) is 1.95. The Labute approximate surface area is 72.9 Å². The van der Waals surface area contributed by atoms with Crippen molar-refractivity contribution in [3.8, 4) is 0 Å². The van der Waals surface area contributed by atoms with Crippen molar-refractivity contribution in [2.75, 3.05) is 11.5 Å². The summed E-state index contributed by atoms with van der Waals surface area (Å²) < 4.78 is 1.13. The maximum absolute atomic E-state index is 5.66. The molecule has 1 aromatic carbocycles. The fourth-order valence-electron chi connectivity index (χ4n) is 0.634. The Morgan fingerprint density at radius 1 is 1.30 bits per heavy atom. The van der Waals surface area contributed by atoms with Gasteiger partial charge in [0.15, 0.2) is 0 Å². The van der Waals surface area contributed by atoms with E-state index < -0.39 is 0 Å². The van der Waals surface area contributed by atoms with Crippen LogP contribution in [0.1, 0.15) is 0 Å². The minimum atomic E-state index is 0.319. The number of para-hydroxylation sites is 1. The molecule has 1 rings (SSSR count). The third kappa shape index (κ3) is 1.47. The molecule has 0 amide bonds. The van der Waals surface area contributed by atoms with Gasteiger partial charge in [-0.05, 0) is 0 Å². The van der Waals surface area contributed by atoms with Crippen LogP contribution in [0.5, 0.6) is 0 Å². The van der Waals surface area contributed by atoms with E-state index in [0.29, 0.717) is 18.8 Å². The zero-order chi connectivity index (χ0) is 7.56. The van der Waals surface area contributed by atoms with Crippen LogP contribution in [0.4, 0.5) is 11.4 Å². The monoisotopic (exact) mass is 267 g/mol. The van der Waals surface area contributed by atoms with E-state index in [1.165, 1.54) is 0 Å². The number of nitrogen functional groups attached to an aromatic ring is 2. The van der Waals surface area contributed by atoms with Crippen LogP contribution in [0.3, 0.4) is 0 Å². The van der Waals surface area contributed by atoms with Gasteiger partial charge in [-0.3, -0.25) is 0 Å². The molecule has 4 heteroatoms. The number of hydrogen-bond donors (Lipinski definition) is 2. The zero-order valence-corrected chi connectivity index (χ0v) is 8.63. The van der Waals surface area contributed by atoms with Gasteiger partial charge in [-0.25, -0.2) is 0 Å². The first kappa shape index (κ1) is 7.96. The van der Waals surface area contributed by atoms with Crippen molar-refractivity contribution >= 4 is 43.2 Å². The molecule has 0 saturated carbocycles. The molecule has 2 nitrogen and oxygen atoms in total. The van der Waals surface area contributed by atoms with Gasteiger partial charge in [0.05, 0.1) is 0 Å². The Morgan fingerprint density at radius 2 is 2.00 bits per heavy atom. The molecule has 0 unspecified atom stereocenters. The zero-order valence-electron chi connectivity index (χ0n) is 5.20. The summed E-state index contributed by atoms with van der Waals surface area (Å²) >= 11 is 3.27. The van der Waals surface area contributed by atoms with Crippen molar-refractivity contribution in [3.63, 3.8) is 0 Å². The first-order valence-electron chi connectivity index (χ1n) is 2.69. The third-order valence-corrected chi connectivity index (χ3v) is 4.27. The first-order valence-corrected chi connectivity index (χ1v) is 7.88. The molecule has 1 aromatic rings. The number of hydrogen-bond acceptors (Lipinski definition) is 2. The molecule has 0 heterocycles. The molecule has 10 heavy (non-hydrogen) atoms. The molecule has 0 spiro atoms. The fourth-order valence-corrected chi connectivity index (χ4v) is 2.94. The van der Waals surface area contributed by atoms with Crippen molar-refractivity contribution in [1.29, 1.82) is 0 Å². The summed E-state index contributed by atoms with van der Waals surface area (Å²) in [6.07, 6.45) is 0. The van der Waals surface area contributed by atoms with Gasteiger partial charge in [0.25, 0.3) is 0 Å². The van der Waals surface area contributed by atoms with Crippen LogP contribution >= 0.6 is 0 Å². The maximum atomic E-state index is 5.66. The molecule has 1 radical (unpaired) electrons. The predicted octanol–water partition coefficient (Wildman–Crippen LogP) is -0.736. The summed E-state index contributed by atoms with van der Waals surface area (Å²) in [4.78, 5) is 0. The van der Waals surface area contributed by atoms with Gasteiger partial charge in [0, 0.05) is 0 Å². The average molecular weight is 265 g/mol. The van der Waals surface area contributed by atoms with Crippen LogP contribution in [-0.2, 0) is 0 Å². The van der Waals surface area contributed by atoms with Gasteiger partial charge in [-0.1, -0.05) is 0 Å². The van der Waals surface area contributed by atoms with E-state index in [-0.39, 0.29) is 0 Å². The van der Waals surface area contributed by atoms with Crippen molar-refractivity contribution in [2.24, 2.45) is 0 Å². The molecule has 0 bridgehead atoms. The molecule has 0 aromatic heterocycles. The molecular formula is C6H7N2Se2. The van der Waals surface area contributed by atoms with E-state index in [2.05, 4.69) is 14.2 Å². The summed E-state index contributed by atoms with van der Waals surface area (Å²) in [5.74, 6) is 0. The summed E-state index contributed by atoms with van der Waals surface area (Å²) in [7, 11) is 0. The summed E-state index contributed by atoms with van der Waals surface area (Å²) in [5.41, 5.74) is 12.6. The Kier molecular flexibility index (Phi) is 2.63. The number of rotatable bonds is 1. The first-order chi connectivity index (χ1) is 4.75. The van der Waals surface area contributed by atoms with E-state index in [4.69, 9.17) is 11.5 Å².